The number of urea groups is 1. The van der Waals surface area contributed by atoms with Gasteiger partial charge in [-0.25, -0.2) is 9.59 Å². The van der Waals surface area contributed by atoms with Gasteiger partial charge in [-0.2, -0.15) is 4.98 Å². The topological polar surface area (TPSA) is 138 Å². The van der Waals surface area contributed by atoms with Crippen molar-refractivity contribution in [3.05, 3.63) is 11.7 Å². The smallest absolute Gasteiger partial charge is 0.334 e. The summed E-state index contributed by atoms with van der Waals surface area (Å²) >= 11 is 0. The van der Waals surface area contributed by atoms with Crippen LogP contribution in [0.4, 0.5) is 4.79 Å². The third-order valence-electron chi connectivity index (χ3n) is 1.71. The number of aromatic nitrogens is 2. The molecule has 0 fully saturated rings. The molecule has 1 heterocycles. The number of aryl methyl sites for hydroxylation is 1. The Labute approximate surface area is 95.8 Å². The van der Waals surface area contributed by atoms with Gasteiger partial charge in [0.15, 0.2) is 11.9 Å². The Morgan fingerprint density at radius 3 is 2.71 bits per heavy atom. The minimum Gasteiger partial charge on any atom is -0.479 e. The van der Waals surface area contributed by atoms with E-state index in [9.17, 15) is 9.59 Å². The van der Waals surface area contributed by atoms with Crippen LogP contribution in [0.2, 0.25) is 0 Å². The highest BCUT2D eigenvalue weighted by molar-refractivity contribution is 5.76. The molecule has 0 spiro atoms. The zero-order valence-corrected chi connectivity index (χ0v) is 9.01. The van der Waals surface area contributed by atoms with Gasteiger partial charge in [-0.3, -0.25) is 0 Å². The maximum absolute atomic E-state index is 11.1. The van der Waals surface area contributed by atoms with Crippen LogP contribution < -0.4 is 10.6 Å². The molecule has 17 heavy (non-hydrogen) atoms. The van der Waals surface area contributed by atoms with E-state index in [1.807, 2.05) is 0 Å². The third-order valence-corrected chi connectivity index (χ3v) is 1.71. The lowest BCUT2D eigenvalue weighted by atomic mass is 10.4. The van der Waals surface area contributed by atoms with Crippen LogP contribution in [0.25, 0.3) is 0 Å². The van der Waals surface area contributed by atoms with Crippen LogP contribution in [0.15, 0.2) is 4.52 Å². The van der Waals surface area contributed by atoms with Crippen molar-refractivity contribution in [2.75, 3.05) is 6.54 Å². The first-order valence-electron chi connectivity index (χ1n) is 4.71. The molecule has 0 bridgehead atoms. The van der Waals surface area contributed by atoms with E-state index in [4.69, 9.17) is 14.7 Å². The van der Waals surface area contributed by atoms with Crippen molar-refractivity contribution in [2.45, 2.75) is 19.6 Å². The van der Waals surface area contributed by atoms with Gasteiger partial charge in [-0.15, -0.1) is 0 Å². The second-order valence-electron chi connectivity index (χ2n) is 3.15. The SMILES string of the molecule is Cc1noc(CNC(=O)NC[C@H](O)C(=O)O)n1. The van der Waals surface area contributed by atoms with Gasteiger partial charge in [0.1, 0.15) is 0 Å². The van der Waals surface area contributed by atoms with E-state index in [1.54, 1.807) is 6.92 Å². The van der Waals surface area contributed by atoms with Crippen LogP contribution >= 0.6 is 0 Å². The average molecular weight is 244 g/mol. The molecule has 1 rings (SSSR count). The van der Waals surface area contributed by atoms with Crippen molar-refractivity contribution in [3.8, 4) is 0 Å². The Balaban J connectivity index is 2.24. The van der Waals surface area contributed by atoms with Gasteiger partial charge in [0.25, 0.3) is 0 Å². The number of hydrogen-bond donors (Lipinski definition) is 4. The maximum Gasteiger partial charge on any atom is 0.334 e. The van der Waals surface area contributed by atoms with E-state index in [2.05, 4.69) is 20.8 Å². The van der Waals surface area contributed by atoms with Crippen molar-refractivity contribution in [1.82, 2.24) is 20.8 Å². The van der Waals surface area contributed by atoms with Crippen molar-refractivity contribution in [2.24, 2.45) is 0 Å². The van der Waals surface area contributed by atoms with E-state index in [0.717, 1.165) is 0 Å². The summed E-state index contributed by atoms with van der Waals surface area (Å²) in [6.45, 7) is 1.27. The molecule has 1 aromatic rings. The lowest BCUT2D eigenvalue weighted by Gasteiger charge is -2.07. The van der Waals surface area contributed by atoms with Gasteiger partial charge >= 0.3 is 12.0 Å². The summed E-state index contributed by atoms with van der Waals surface area (Å²) < 4.78 is 4.73. The second-order valence-corrected chi connectivity index (χ2v) is 3.15. The number of rotatable bonds is 5. The Kier molecular flexibility index (Phi) is 4.40. The predicted octanol–water partition coefficient (Wildman–Crippen LogP) is -1.38. The summed E-state index contributed by atoms with van der Waals surface area (Å²) in [5, 5.41) is 25.3. The van der Waals surface area contributed by atoms with Gasteiger partial charge in [-0.05, 0) is 6.92 Å². The quantitative estimate of drug-likeness (QED) is 0.501. The molecule has 0 aliphatic carbocycles. The van der Waals surface area contributed by atoms with Crippen LogP contribution in [0, 0.1) is 6.92 Å². The number of aliphatic hydroxyl groups excluding tert-OH is 1. The molecule has 0 unspecified atom stereocenters. The number of carboxylic acids is 1. The van der Waals surface area contributed by atoms with Crippen LogP contribution in [0.1, 0.15) is 11.7 Å². The zero-order chi connectivity index (χ0) is 12.8. The molecule has 9 heteroatoms. The molecule has 0 aromatic carbocycles. The fourth-order valence-electron chi connectivity index (χ4n) is 0.907. The highest BCUT2D eigenvalue weighted by Crippen LogP contribution is 1.94. The standard InChI is InChI=1S/C8H12N4O5/c1-4-11-6(17-12-4)3-10-8(16)9-2-5(13)7(14)15/h5,13H,2-3H2,1H3,(H,14,15)(H2,9,10,16)/t5-/m0/s1. The Morgan fingerprint density at radius 1 is 1.47 bits per heavy atom. The largest absolute Gasteiger partial charge is 0.479 e. The van der Waals surface area contributed by atoms with Gasteiger partial charge in [0.2, 0.25) is 5.89 Å². The van der Waals surface area contributed by atoms with E-state index in [1.165, 1.54) is 0 Å². The molecule has 0 saturated heterocycles. The van der Waals surface area contributed by atoms with Crippen molar-refractivity contribution in [1.29, 1.82) is 0 Å². The fourth-order valence-corrected chi connectivity index (χ4v) is 0.907. The van der Waals surface area contributed by atoms with Gasteiger partial charge in [0.05, 0.1) is 13.1 Å². The lowest BCUT2D eigenvalue weighted by Crippen LogP contribution is -2.41. The predicted molar refractivity (Wildman–Crippen MR) is 52.9 cm³/mol. The highest BCUT2D eigenvalue weighted by atomic mass is 16.5. The van der Waals surface area contributed by atoms with Crippen LogP contribution in [-0.4, -0.2) is 45.0 Å². The highest BCUT2D eigenvalue weighted by Gasteiger charge is 2.14. The maximum atomic E-state index is 11.1. The number of amides is 2. The van der Waals surface area contributed by atoms with Gasteiger partial charge in [-0.1, -0.05) is 5.16 Å². The zero-order valence-electron chi connectivity index (χ0n) is 9.01. The summed E-state index contributed by atoms with van der Waals surface area (Å²) in [6.07, 6.45) is -1.63. The Morgan fingerprint density at radius 2 is 2.18 bits per heavy atom. The molecular formula is C8H12N4O5. The lowest BCUT2D eigenvalue weighted by molar-refractivity contribution is -0.146. The molecule has 1 atom stereocenters. The normalized spacial score (nSPS) is 11.9. The van der Waals surface area contributed by atoms with E-state index < -0.39 is 18.1 Å². The minimum atomic E-state index is -1.63. The second kappa shape index (κ2) is 5.80. The number of nitrogens with one attached hydrogen (secondary N) is 2. The van der Waals surface area contributed by atoms with Gasteiger partial charge < -0.3 is 25.4 Å². The number of carboxylic acid groups (broad SMARTS) is 1. The molecule has 1 aromatic heterocycles. The number of aliphatic hydroxyl groups is 1. The molecule has 0 saturated carbocycles. The van der Waals surface area contributed by atoms with Crippen molar-refractivity contribution in [3.63, 3.8) is 0 Å². The third kappa shape index (κ3) is 4.47. The molecule has 2 amide bonds. The summed E-state index contributed by atoms with van der Waals surface area (Å²) in [5.74, 6) is -0.724. The monoisotopic (exact) mass is 244 g/mol. The van der Waals surface area contributed by atoms with E-state index >= 15 is 0 Å². The number of nitrogens with zero attached hydrogens (tertiary/aromatic N) is 2. The molecule has 0 radical (unpaired) electrons. The molecule has 9 nitrogen and oxygen atoms in total. The number of aliphatic carboxylic acids is 1. The molecule has 4 N–H and O–H groups in total. The number of carbonyl (C=O) groups is 2. The van der Waals surface area contributed by atoms with Crippen LogP contribution in [0.5, 0.6) is 0 Å². The van der Waals surface area contributed by atoms with E-state index in [-0.39, 0.29) is 19.0 Å². The number of hydrogen-bond acceptors (Lipinski definition) is 6. The molecule has 94 valence electrons. The molecule has 0 aliphatic heterocycles. The number of carbonyl (C=O) groups excluding carboxylic acids is 1. The first-order valence-corrected chi connectivity index (χ1v) is 4.71. The minimum absolute atomic E-state index is 0.0237. The van der Waals surface area contributed by atoms with Crippen molar-refractivity contribution < 1.29 is 24.3 Å². The summed E-state index contributed by atoms with van der Waals surface area (Å²) in [7, 11) is 0. The first-order chi connectivity index (χ1) is 7.99. The Hall–Kier alpha value is -2.16. The van der Waals surface area contributed by atoms with Crippen LogP contribution in [-0.2, 0) is 11.3 Å². The van der Waals surface area contributed by atoms with Crippen molar-refractivity contribution >= 4 is 12.0 Å². The summed E-state index contributed by atoms with van der Waals surface area (Å²) in [5.41, 5.74) is 0. The Bertz CT molecular complexity index is 404. The van der Waals surface area contributed by atoms with Gasteiger partial charge in [0, 0.05) is 0 Å². The average Bonchev–Trinajstić information content (AvgIpc) is 2.69. The fraction of sp³-hybridized carbons (Fsp3) is 0.500. The van der Waals surface area contributed by atoms with Crippen LogP contribution in [0.3, 0.4) is 0 Å². The summed E-state index contributed by atoms with van der Waals surface area (Å²) in [6, 6.07) is -0.638. The summed E-state index contributed by atoms with van der Waals surface area (Å²) in [4.78, 5) is 25.2. The molecular weight excluding hydrogens is 232 g/mol. The molecule has 0 aliphatic rings. The first kappa shape index (κ1) is 12.9. The van der Waals surface area contributed by atoms with E-state index in [0.29, 0.717) is 5.82 Å².